The normalized spacial score (nSPS) is 17.0. The van der Waals surface area contributed by atoms with Crippen molar-refractivity contribution in [2.24, 2.45) is 0 Å². The number of nitrogens with zero attached hydrogens (tertiary/aromatic N) is 3. The number of carbonyl (C=O) groups excluding carboxylic acids is 2. The average molecular weight is 326 g/mol. The number of rotatable bonds is 2. The molecule has 2 aromatic rings. The molecule has 0 spiro atoms. The number of benzene rings is 1. The highest BCUT2D eigenvalue weighted by atomic mass is 35.5. The first-order valence-electron chi connectivity index (χ1n) is 6.00. The van der Waals surface area contributed by atoms with Crippen LogP contribution in [0.2, 0.25) is 10.0 Å². The molecule has 9 heteroatoms. The second kappa shape index (κ2) is 5.34. The van der Waals surface area contributed by atoms with Crippen LogP contribution in [-0.4, -0.2) is 26.6 Å². The lowest BCUT2D eigenvalue weighted by atomic mass is 10.1. The van der Waals surface area contributed by atoms with Gasteiger partial charge < -0.3 is 5.32 Å². The fourth-order valence-corrected chi connectivity index (χ4v) is 2.31. The summed E-state index contributed by atoms with van der Waals surface area (Å²) in [5, 5.41) is 9.89. The number of fused-ring (bicyclic) bond motifs is 1. The van der Waals surface area contributed by atoms with Crippen molar-refractivity contribution in [3.05, 3.63) is 34.6 Å². The Kier molecular flexibility index (Phi) is 3.52. The third-order valence-electron chi connectivity index (χ3n) is 2.99. The van der Waals surface area contributed by atoms with E-state index in [-0.39, 0.29) is 24.2 Å². The van der Waals surface area contributed by atoms with E-state index in [0.717, 1.165) is 0 Å². The Bertz CT molecular complexity index is 730. The first kappa shape index (κ1) is 13.8. The Labute approximate surface area is 129 Å². The Hall–Kier alpha value is -2.12. The summed E-state index contributed by atoms with van der Waals surface area (Å²) in [6.07, 6.45) is 1.27. The van der Waals surface area contributed by atoms with E-state index in [0.29, 0.717) is 15.7 Å². The number of hydrogen-bond acceptors (Lipinski definition) is 4. The summed E-state index contributed by atoms with van der Waals surface area (Å²) >= 11 is 11.7. The Morgan fingerprint density at radius 3 is 2.95 bits per heavy atom. The van der Waals surface area contributed by atoms with Gasteiger partial charge in [0.2, 0.25) is 17.8 Å². The van der Waals surface area contributed by atoms with Crippen LogP contribution in [0.4, 0.5) is 11.6 Å². The van der Waals surface area contributed by atoms with Crippen LogP contribution in [-0.2, 0) is 9.59 Å². The molecule has 0 saturated heterocycles. The lowest BCUT2D eigenvalue weighted by molar-refractivity contribution is -0.125. The molecule has 1 atom stereocenters. The van der Waals surface area contributed by atoms with Gasteiger partial charge in [-0.1, -0.05) is 23.2 Å². The van der Waals surface area contributed by atoms with Crippen molar-refractivity contribution in [2.75, 3.05) is 10.6 Å². The highest BCUT2D eigenvalue weighted by Crippen LogP contribution is 2.27. The summed E-state index contributed by atoms with van der Waals surface area (Å²) in [7, 11) is 0. The van der Waals surface area contributed by atoms with E-state index in [9.17, 15) is 9.59 Å². The summed E-state index contributed by atoms with van der Waals surface area (Å²) in [4.78, 5) is 27.8. The predicted octanol–water partition coefficient (Wildman–Crippen LogP) is 2.11. The Morgan fingerprint density at radius 2 is 2.19 bits per heavy atom. The molecule has 0 bridgehead atoms. The van der Waals surface area contributed by atoms with Crippen LogP contribution in [0.3, 0.4) is 0 Å². The second-order valence-electron chi connectivity index (χ2n) is 4.41. The van der Waals surface area contributed by atoms with Crippen LogP contribution in [0.5, 0.6) is 0 Å². The van der Waals surface area contributed by atoms with Crippen LogP contribution < -0.4 is 10.6 Å². The number of nitrogens with one attached hydrogen (secondary N) is 2. The van der Waals surface area contributed by atoms with Crippen LogP contribution in [0.15, 0.2) is 24.5 Å². The van der Waals surface area contributed by atoms with Gasteiger partial charge in [0.05, 0.1) is 16.5 Å². The quantitative estimate of drug-likeness (QED) is 0.884. The molecule has 1 aliphatic heterocycles. The van der Waals surface area contributed by atoms with Gasteiger partial charge in [0.1, 0.15) is 12.4 Å². The molecule has 0 unspecified atom stereocenters. The molecule has 1 aliphatic rings. The molecule has 0 fully saturated rings. The summed E-state index contributed by atoms with van der Waals surface area (Å²) < 4.78 is 1.37. The largest absolute Gasteiger partial charge is 0.324 e. The number of aromatic nitrogens is 3. The minimum absolute atomic E-state index is 0.0104. The maximum absolute atomic E-state index is 12.3. The molecule has 21 heavy (non-hydrogen) atoms. The standard InChI is InChI=1S/C12H9Cl2N5O2/c13-7-2-1-6(3-8(7)14)17-11(21)9-4-10(20)18-12-15-5-16-19(9)12/h1-3,5,9H,4H2,(H,17,21)(H,15,16,18,20)/t9-/m0/s1. The SMILES string of the molecule is O=C1C[C@@H](C(=O)Nc2ccc(Cl)c(Cl)c2)n2ncnc2N1. The van der Waals surface area contributed by atoms with Gasteiger partial charge >= 0.3 is 0 Å². The second-order valence-corrected chi connectivity index (χ2v) is 5.23. The van der Waals surface area contributed by atoms with E-state index < -0.39 is 6.04 Å². The van der Waals surface area contributed by atoms with Crippen LogP contribution in [0.1, 0.15) is 12.5 Å². The third-order valence-corrected chi connectivity index (χ3v) is 3.73. The smallest absolute Gasteiger partial charge is 0.249 e. The molecule has 2 heterocycles. The zero-order chi connectivity index (χ0) is 15.0. The van der Waals surface area contributed by atoms with E-state index in [1.165, 1.54) is 17.1 Å². The average Bonchev–Trinajstić information content (AvgIpc) is 2.90. The topological polar surface area (TPSA) is 88.9 Å². The van der Waals surface area contributed by atoms with Crippen molar-refractivity contribution in [3.63, 3.8) is 0 Å². The van der Waals surface area contributed by atoms with E-state index in [1.54, 1.807) is 12.1 Å². The lowest BCUT2D eigenvalue weighted by Gasteiger charge is -2.22. The summed E-state index contributed by atoms with van der Waals surface area (Å²) in [6.45, 7) is 0. The lowest BCUT2D eigenvalue weighted by Crippen LogP contribution is -2.35. The molecular weight excluding hydrogens is 317 g/mol. The van der Waals surface area contributed by atoms with Crippen molar-refractivity contribution < 1.29 is 9.59 Å². The predicted molar refractivity (Wildman–Crippen MR) is 77.4 cm³/mol. The van der Waals surface area contributed by atoms with E-state index in [1.807, 2.05) is 0 Å². The van der Waals surface area contributed by atoms with E-state index in [2.05, 4.69) is 20.7 Å². The molecule has 3 rings (SSSR count). The molecule has 0 saturated carbocycles. The molecule has 108 valence electrons. The monoisotopic (exact) mass is 325 g/mol. The summed E-state index contributed by atoms with van der Waals surface area (Å²) in [5.41, 5.74) is 0.488. The van der Waals surface area contributed by atoms with Crippen molar-refractivity contribution in [2.45, 2.75) is 12.5 Å². The summed E-state index contributed by atoms with van der Waals surface area (Å²) in [6, 6.07) is 3.98. The van der Waals surface area contributed by atoms with Crippen LogP contribution in [0, 0.1) is 0 Å². The molecule has 2 amide bonds. The number of anilines is 2. The molecule has 1 aromatic heterocycles. The van der Waals surface area contributed by atoms with Gasteiger partial charge in [-0.2, -0.15) is 10.1 Å². The third kappa shape index (κ3) is 2.70. The minimum Gasteiger partial charge on any atom is -0.324 e. The first-order chi connectivity index (χ1) is 10.0. The maximum atomic E-state index is 12.3. The molecule has 0 radical (unpaired) electrons. The highest BCUT2D eigenvalue weighted by Gasteiger charge is 2.31. The zero-order valence-electron chi connectivity index (χ0n) is 10.5. The van der Waals surface area contributed by atoms with Crippen molar-refractivity contribution in [1.29, 1.82) is 0 Å². The Morgan fingerprint density at radius 1 is 1.38 bits per heavy atom. The van der Waals surface area contributed by atoms with Crippen LogP contribution >= 0.6 is 23.2 Å². The fraction of sp³-hybridized carbons (Fsp3) is 0.167. The Balaban J connectivity index is 1.83. The zero-order valence-corrected chi connectivity index (χ0v) is 12.0. The van der Waals surface area contributed by atoms with Gasteiger partial charge in [0.25, 0.3) is 0 Å². The van der Waals surface area contributed by atoms with Gasteiger partial charge in [-0.05, 0) is 18.2 Å². The number of hydrogen-bond donors (Lipinski definition) is 2. The molecular formula is C12H9Cl2N5O2. The first-order valence-corrected chi connectivity index (χ1v) is 6.75. The van der Waals surface area contributed by atoms with Crippen molar-refractivity contribution >= 4 is 46.7 Å². The molecule has 0 aliphatic carbocycles. The van der Waals surface area contributed by atoms with Crippen molar-refractivity contribution in [3.8, 4) is 0 Å². The van der Waals surface area contributed by atoms with E-state index >= 15 is 0 Å². The minimum atomic E-state index is -0.759. The molecule has 7 nitrogen and oxygen atoms in total. The number of amides is 2. The number of carbonyl (C=O) groups is 2. The highest BCUT2D eigenvalue weighted by molar-refractivity contribution is 6.42. The molecule has 2 N–H and O–H groups in total. The van der Waals surface area contributed by atoms with Gasteiger partial charge in [0.15, 0.2) is 0 Å². The molecule has 1 aromatic carbocycles. The van der Waals surface area contributed by atoms with Gasteiger partial charge in [0, 0.05) is 5.69 Å². The van der Waals surface area contributed by atoms with Gasteiger partial charge in [-0.15, -0.1) is 0 Å². The number of halogens is 2. The summed E-state index contributed by atoms with van der Waals surface area (Å²) in [5.74, 6) is -0.416. The van der Waals surface area contributed by atoms with Gasteiger partial charge in [-0.25, -0.2) is 4.68 Å². The van der Waals surface area contributed by atoms with E-state index in [4.69, 9.17) is 23.2 Å². The fourth-order valence-electron chi connectivity index (χ4n) is 2.01. The van der Waals surface area contributed by atoms with Crippen LogP contribution in [0.25, 0.3) is 0 Å². The van der Waals surface area contributed by atoms with Crippen molar-refractivity contribution in [1.82, 2.24) is 14.8 Å². The maximum Gasteiger partial charge on any atom is 0.249 e. The van der Waals surface area contributed by atoms with Gasteiger partial charge in [-0.3, -0.25) is 14.9 Å².